The molecular formula is C20H33N5O5S. The summed E-state index contributed by atoms with van der Waals surface area (Å²) in [5, 5.41) is 2.83. The average Bonchev–Trinajstić information content (AvgIpc) is 2.74. The van der Waals surface area contributed by atoms with Crippen LogP contribution in [0.5, 0.6) is 0 Å². The summed E-state index contributed by atoms with van der Waals surface area (Å²) in [4.78, 5) is 40.4. The van der Waals surface area contributed by atoms with Gasteiger partial charge in [0.25, 0.3) is 5.56 Å². The van der Waals surface area contributed by atoms with E-state index in [0.29, 0.717) is 52.4 Å². The summed E-state index contributed by atoms with van der Waals surface area (Å²) in [7, 11) is -3.72. The van der Waals surface area contributed by atoms with Crippen molar-refractivity contribution < 1.29 is 18.0 Å². The molecule has 0 aliphatic carbocycles. The van der Waals surface area contributed by atoms with Crippen LogP contribution in [-0.2, 0) is 26.2 Å². The Morgan fingerprint density at radius 2 is 1.68 bits per heavy atom. The second-order valence-electron chi connectivity index (χ2n) is 7.43. The smallest absolute Gasteiger partial charge is 0.251 e. The third kappa shape index (κ3) is 6.62. The largest absolute Gasteiger partial charge is 0.355 e. The van der Waals surface area contributed by atoms with E-state index in [1.807, 2.05) is 11.8 Å². The lowest BCUT2D eigenvalue weighted by Gasteiger charge is -2.34. The van der Waals surface area contributed by atoms with E-state index in [4.69, 9.17) is 0 Å². The molecule has 1 N–H and O–H groups in total. The van der Waals surface area contributed by atoms with Gasteiger partial charge < -0.3 is 14.8 Å². The summed E-state index contributed by atoms with van der Waals surface area (Å²) in [5.41, 5.74) is -0.432. The van der Waals surface area contributed by atoms with Gasteiger partial charge in [-0.25, -0.2) is 8.42 Å². The molecular weight excluding hydrogens is 422 g/mol. The van der Waals surface area contributed by atoms with Gasteiger partial charge in [0.1, 0.15) is 6.54 Å². The molecule has 2 rings (SSSR count). The normalized spacial score (nSPS) is 15.3. The van der Waals surface area contributed by atoms with Crippen LogP contribution >= 0.6 is 0 Å². The van der Waals surface area contributed by atoms with Crippen molar-refractivity contribution in [2.45, 2.75) is 38.6 Å². The van der Waals surface area contributed by atoms with Gasteiger partial charge >= 0.3 is 0 Å². The predicted molar refractivity (Wildman–Crippen MR) is 117 cm³/mol. The fourth-order valence-electron chi connectivity index (χ4n) is 3.42. The van der Waals surface area contributed by atoms with Gasteiger partial charge in [0.05, 0.1) is 11.4 Å². The van der Waals surface area contributed by atoms with Crippen molar-refractivity contribution in [3.8, 4) is 0 Å². The molecule has 1 aliphatic heterocycles. The number of hydrogen-bond donors (Lipinski definition) is 1. The van der Waals surface area contributed by atoms with Gasteiger partial charge in [-0.1, -0.05) is 20.8 Å². The van der Waals surface area contributed by atoms with E-state index in [1.165, 1.54) is 22.6 Å². The summed E-state index contributed by atoms with van der Waals surface area (Å²) in [6.07, 6.45) is 2.12. The molecule has 0 radical (unpaired) electrons. The number of hydrogen-bond acceptors (Lipinski definition) is 6. The molecule has 0 saturated carbocycles. The quantitative estimate of drug-likeness (QED) is 0.511. The number of nitrogens with one attached hydrogen (secondary N) is 1. The van der Waals surface area contributed by atoms with Crippen molar-refractivity contribution in [1.29, 1.82) is 0 Å². The number of pyridine rings is 1. The van der Waals surface area contributed by atoms with Crippen LogP contribution in [0.3, 0.4) is 0 Å². The minimum atomic E-state index is -3.72. The lowest BCUT2D eigenvalue weighted by atomic mass is 10.3. The van der Waals surface area contributed by atoms with Crippen molar-refractivity contribution in [2.24, 2.45) is 0 Å². The minimum absolute atomic E-state index is 0.00786. The van der Waals surface area contributed by atoms with E-state index in [1.54, 1.807) is 18.7 Å². The maximum Gasteiger partial charge on any atom is 0.251 e. The van der Waals surface area contributed by atoms with Crippen molar-refractivity contribution >= 4 is 21.8 Å². The number of aromatic nitrogens is 1. The molecule has 0 atom stereocenters. The molecule has 10 nitrogen and oxygen atoms in total. The highest BCUT2D eigenvalue weighted by molar-refractivity contribution is 7.89. The summed E-state index contributed by atoms with van der Waals surface area (Å²) in [6.45, 7) is 8.87. The van der Waals surface area contributed by atoms with Gasteiger partial charge in [-0.2, -0.15) is 4.31 Å². The molecule has 0 spiro atoms. The Kier molecular flexibility index (Phi) is 9.20. The molecule has 2 amide bonds. The van der Waals surface area contributed by atoms with Gasteiger partial charge in [-0.3, -0.25) is 19.3 Å². The summed E-state index contributed by atoms with van der Waals surface area (Å²) in [6, 6.07) is 2.45. The number of piperazine rings is 1. The zero-order chi connectivity index (χ0) is 23.0. The molecule has 1 aliphatic rings. The maximum absolute atomic E-state index is 12.7. The number of sulfonamides is 1. The Morgan fingerprint density at radius 3 is 2.26 bits per heavy atom. The zero-order valence-corrected chi connectivity index (χ0v) is 19.4. The first kappa shape index (κ1) is 25.0. The van der Waals surface area contributed by atoms with Crippen molar-refractivity contribution in [3.05, 3.63) is 28.7 Å². The topological polar surface area (TPSA) is 112 Å². The van der Waals surface area contributed by atoms with Crippen molar-refractivity contribution in [1.82, 2.24) is 24.0 Å². The number of carbonyl (C=O) groups excluding carboxylic acids is 2. The Labute approximate surface area is 183 Å². The second-order valence-corrected chi connectivity index (χ2v) is 9.37. The van der Waals surface area contributed by atoms with E-state index in [2.05, 4.69) is 5.32 Å². The monoisotopic (exact) mass is 455 g/mol. The SMILES string of the molecule is CCCNC(=O)CN1CCN(C(=O)Cn2cc(S(=O)(=O)N(CC)CC)ccc2=O)CC1. The fraction of sp³-hybridized carbons (Fsp3) is 0.650. The molecule has 1 aromatic heterocycles. The molecule has 11 heteroatoms. The molecule has 2 heterocycles. The van der Waals surface area contributed by atoms with Crippen molar-refractivity contribution in [2.75, 3.05) is 52.4 Å². The van der Waals surface area contributed by atoms with Crippen LogP contribution in [0, 0.1) is 0 Å². The number of nitrogens with zero attached hydrogens (tertiary/aromatic N) is 4. The van der Waals surface area contributed by atoms with Crippen LogP contribution in [0.25, 0.3) is 0 Å². The first-order valence-corrected chi connectivity index (χ1v) is 12.1. The summed E-state index contributed by atoms with van der Waals surface area (Å²) >= 11 is 0. The Bertz CT molecular complexity index is 918. The van der Waals surface area contributed by atoms with Crippen LogP contribution in [0.1, 0.15) is 27.2 Å². The van der Waals surface area contributed by atoms with Crippen LogP contribution in [0.15, 0.2) is 28.0 Å². The molecule has 0 bridgehead atoms. The molecule has 31 heavy (non-hydrogen) atoms. The summed E-state index contributed by atoms with van der Waals surface area (Å²) in [5.74, 6) is -0.283. The average molecular weight is 456 g/mol. The van der Waals surface area contributed by atoms with E-state index in [9.17, 15) is 22.8 Å². The maximum atomic E-state index is 12.7. The molecule has 0 aromatic carbocycles. The molecule has 174 valence electrons. The number of carbonyl (C=O) groups is 2. The number of rotatable bonds is 10. The van der Waals surface area contributed by atoms with E-state index in [0.717, 1.165) is 11.0 Å². The Morgan fingerprint density at radius 1 is 1.03 bits per heavy atom. The molecule has 1 aromatic rings. The van der Waals surface area contributed by atoms with Crippen LogP contribution in [-0.4, -0.2) is 91.3 Å². The van der Waals surface area contributed by atoms with Crippen molar-refractivity contribution in [3.63, 3.8) is 0 Å². The third-order valence-electron chi connectivity index (χ3n) is 5.27. The van der Waals surface area contributed by atoms with Crippen LogP contribution < -0.4 is 10.9 Å². The lowest BCUT2D eigenvalue weighted by molar-refractivity contribution is -0.134. The highest BCUT2D eigenvalue weighted by atomic mass is 32.2. The molecule has 0 unspecified atom stereocenters. The van der Waals surface area contributed by atoms with Gasteiger partial charge in [-0.05, 0) is 12.5 Å². The Hall–Kier alpha value is -2.24. The first-order valence-electron chi connectivity index (χ1n) is 10.7. The highest BCUT2D eigenvalue weighted by Gasteiger charge is 2.25. The zero-order valence-electron chi connectivity index (χ0n) is 18.5. The highest BCUT2D eigenvalue weighted by Crippen LogP contribution is 2.14. The van der Waals surface area contributed by atoms with E-state index in [-0.39, 0.29) is 23.3 Å². The molecule has 1 saturated heterocycles. The Balaban J connectivity index is 2.00. The summed E-state index contributed by atoms with van der Waals surface area (Å²) < 4.78 is 27.9. The minimum Gasteiger partial charge on any atom is -0.355 e. The van der Waals surface area contributed by atoms with E-state index < -0.39 is 15.6 Å². The second kappa shape index (κ2) is 11.4. The van der Waals surface area contributed by atoms with Gasteiger partial charge in [0.2, 0.25) is 21.8 Å². The fourth-order valence-corrected chi connectivity index (χ4v) is 4.90. The van der Waals surface area contributed by atoms with Crippen LogP contribution in [0.4, 0.5) is 0 Å². The lowest BCUT2D eigenvalue weighted by Crippen LogP contribution is -2.52. The van der Waals surface area contributed by atoms with Gasteiger partial charge in [-0.15, -0.1) is 0 Å². The number of amides is 2. The van der Waals surface area contributed by atoms with E-state index >= 15 is 0 Å². The van der Waals surface area contributed by atoms with Gasteiger partial charge in [0, 0.05) is 58.1 Å². The predicted octanol–water partition coefficient (Wildman–Crippen LogP) is -0.451. The van der Waals surface area contributed by atoms with Crippen LogP contribution in [0.2, 0.25) is 0 Å². The first-order chi connectivity index (χ1) is 14.7. The van der Waals surface area contributed by atoms with Gasteiger partial charge in [0.15, 0.2) is 0 Å². The third-order valence-corrected chi connectivity index (χ3v) is 7.30. The molecule has 1 fully saturated rings. The standard InChI is InChI=1S/C20H33N5O5S/c1-4-9-21-18(26)15-22-10-12-23(13-11-22)20(28)16-24-14-17(7-8-19(24)27)31(29,30)25(5-2)6-3/h7-8,14H,4-6,9-13,15-16H2,1-3H3,(H,21,26).